The molecule has 2 aromatic carbocycles. The summed E-state index contributed by atoms with van der Waals surface area (Å²) >= 11 is 3.18. The first-order chi connectivity index (χ1) is 9.45. The fourth-order valence-electron chi connectivity index (χ4n) is 1.73. The van der Waals surface area contributed by atoms with E-state index in [-0.39, 0.29) is 29.5 Å². The zero-order valence-electron chi connectivity index (χ0n) is 10.6. The Bertz CT molecular complexity index is 636. The minimum Gasteiger partial charge on any atom is -0.489 e. The van der Waals surface area contributed by atoms with E-state index in [4.69, 9.17) is 4.74 Å². The first-order valence-corrected chi connectivity index (χ1v) is 6.63. The molecule has 0 saturated carbocycles. The number of ether oxygens (including phenoxy) is 1. The number of carbonyl (C=O) groups excluding carboxylic acids is 1. The van der Waals surface area contributed by atoms with Crippen LogP contribution >= 0.6 is 15.9 Å². The number of hydrogen-bond donors (Lipinski definition) is 0. The van der Waals surface area contributed by atoms with Gasteiger partial charge >= 0.3 is 0 Å². The zero-order chi connectivity index (χ0) is 14.7. The molecule has 0 unspecified atom stereocenters. The highest BCUT2D eigenvalue weighted by molar-refractivity contribution is 9.10. The lowest BCUT2D eigenvalue weighted by Gasteiger charge is -2.08. The van der Waals surface area contributed by atoms with Gasteiger partial charge in [-0.05, 0) is 42.8 Å². The van der Waals surface area contributed by atoms with E-state index in [9.17, 15) is 13.6 Å². The third-order valence-corrected chi connectivity index (χ3v) is 3.11. The average Bonchev–Trinajstić information content (AvgIpc) is 2.35. The highest BCUT2D eigenvalue weighted by atomic mass is 79.9. The Morgan fingerprint density at radius 1 is 1.20 bits per heavy atom. The monoisotopic (exact) mass is 340 g/mol. The molecule has 0 aromatic heterocycles. The molecule has 2 nitrogen and oxygen atoms in total. The van der Waals surface area contributed by atoms with Gasteiger partial charge < -0.3 is 4.74 Å². The van der Waals surface area contributed by atoms with Gasteiger partial charge in [-0.3, -0.25) is 4.79 Å². The van der Waals surface area contributed by atoms with E-state index in [1.54, 1.807) is 6.07 Å². The maximum atomic E-state index is 13.6. The first kappa shape index (κ1) is 14.7. The zero-order valence-corrected chi connectivity index (χ0v) is 12.2. The van der Waals surface area contributed by atoms with Crippen LogP contribution in [0.2, 0.25) is 0 Å². The van der Waals surface area contributed by atoms with Gasteiger partial charge in [0.2, 0.25) is 0 Å². The lowest BCUT2D eigenvalue weighted by molar-refractivity contribution is 0.101. The second kappa shape index (κ2) is 6.13. The summed E-state index contributed by atoms with van der Waals surface area (Å²) in [4.78, 5) is 11.1. The fraction of sp³-hybridized carbons (Fsp3) is 0.133. The molecule has 0 radical (unpaired) electrons. The number of Topliss-reactive ketones (excluding diaryl/α,β-unsaturated/α-hetero) is 1. The lowest BCUT2D eigenvalue weighted by Crippen LogP contribution is -2.00. The van der Waals surface area contributed by atoms with E-state index < -0.39 is 5.82 Å². The van der Waals surface area contributed by atoms with Crippen molar-refractivity contribution in [3.05, 3.63) is 63.6 Å². The summed E-state index contributed by atoms with van der Waals surface area (Å²) in [7, 11) is 0. The molecule has 0 fully saturated rings. The Kier molecular flexibility index (Phi) is 4.49. The normalized spacial score (nSPS) is 10.4. The van der Waals surface area contributed by atoms with Crippen LogP contribution in [0.4, 0.5) is 8.78 Å². The summed E-state index contributed by atoms with van der Waals surface area (Å²) < 4.78 is 32.7. The van der Waals surface area contributed by atoms with Gasteiger partial charge in [0.25, 0.3) is 0 Å². The molecule has 0 amide bonds. The third-order valence-electron chi connectivity index (χ3n) is 2.65. The summed E-state index contributed by atoms with van der Waals surface area (Å²) in [6, 6.07) is 8.41. The van der Waals surface area contributed by atoms with Crippen LogP contribution in [0.25, 0.3) is 0 Å². The minimum atomic E-state index is -0.629. The van der Waals surface area contributed by atoms with Crippen molar-refractivity contribution in [2.45, 2.75) is 13.5 Å². The van der Waals surface area contributed by atoms with Crippen LogP contribution in [0.1, 0.15) is 22.8 Å². The molecule has 0 heterocycles. The molecule has 2 rings (SSSR count). The highest BCUT2D eigenvalue weighted by Crippen LogP contribution is 2.20. The average molecular weight is 341 g/mol. The Labute approximate surface area is 123 Å². The standard InChI is InChI=1S/C15H11BrF2O2/c1-9(19)14-3-2-13(7-15(14)18)20-8-10-4-11(16)6-12(17)5-10/h2-7H,8H2,1H3. The van der Waals surface area contributed by atoms with Gasteiger partial charge in [0.05, 0.1) is 5.56 Å². The van der Waals surface area contributed by atoms with E-state index in [0.29, 0.717) is 10.0 Å². The van der Waals surface area contributed by atoms with Gasteiger partial charge in [-0.15, -0.1) is 0 Å². The predicted molar refractivity (Wildman–Crippen MR) is 74.8 cm³/mol. The number of rotatable bonds is 4. The molecule has 0 N–H and O–H groups in total. The van der Waals surface area contributed by atoms with Crippen LogP contribution in [0, 0.1) is 11.6 Å². The van der Waals surface area contributed by atoms with Crippen LogP contribution in [0.5, 0.6) is 5.75 Å². The van der Waals surface area contributed by atoms with Crippen molar-refractivity contribution in [3.8, 4) is 5.75 Å². The van der Waals surface area contributed by atoms with Crippen LogP contribution in [-0.2, 0) is 6.61 Å². The van der Waals surface area contributed by atoms with E-state index in [2.05, 4.69) is 15.9 Å². The number of halogens is 3. The van der Waals surface area contributed by atoms with Crippen LogP contribution < -0.4 is 4.74 Å². The Morgan fingerprint density at radius 2 is 1.95 bits per heavy atom. The number of benzene rings is 2. The third kappa shape index (κ3) is 3.63. The first-order valence-electron chi connectivity index (χ1n) is 5.84. The molecule has 2 aromatic rings. The SMILES string of the molecule is CC(=O)c1ccc(OCc2cc(F)cc(Br)c2)cc1F. The van der Waals surface area contributed by atoms with Gasteiger partial charge in [-0.2, -0.15) is 0 Å². The van der Waals surface area contributed by atoms with Crippen molar-refractivity contribution in [2.24, 2.45) is 0 Å². The summed E-state index contributed by atoms with van der Waals surface area (Å²) in [5, 5.41) is 0. The van der Waals surface area contributed by atoms with Crippen LogP contribution in [-0.4, -0.2) is 5.78 Å². The van der Waals surface area contributed by atoms with Gasteiger partial charge in [0.1, 0.15) is 24.0 Å². The van der Waals surface area contributed by atoms with Crippen molar-refractivity contribution in [1.29, 1.82) is 0 Å². The molecular formula is C15H11BrF2O2. The molecule has 0 aliphatic heterocycles. The van der Waals surface area contributed by atoms with Crippen molar-refractivity contribution >= 4 is 21.7 Å². The number of hydrogen-bond acceptors (Lipinski definition) is 2. The summed E-state index contributed by atoms with van der Waals surface area (Å²) in [6.07, 6.45) is 0. The second-order valence-corrected chi connectivity index (χ2v) is 5.18. The maximum absolute atomic E-state index is 13.6. The molecule has 0 aliphatic carbocycles. The summed E-state index contributed by atoms with van der Waals surface area (Å²) in [6.45, 7) is 1.40. The maximum Gasteiger partial charge on any atom is 0.162 e. The Hall–Kier alpha value is -1.75. The molecular weight excluding hydrogens is 330 g/mol. The van der Waals surface area contributed by atoms with E-state index >= 15 is 0 Å². The number of ketones is 1. The van der Waals surface area contributed by atoms with Gasteiger partial charge in [0.15, 0.2) is 5.78 Å². The largest absolute Gasteiger partial charge is 0.489 e. The molecule has 0 spiro atoms. The summed E-state index contributed by atoms with van der Waals surface area (Å²) in [5.74, 6) is -1.07. The van der Waals surface area contributed by atoms with Crippen molar-refractivity contribution in [3.63, 3.8) is 0 Å². The molecule has 20 heavy (non-hydrogen) atoms. The van der Waals surface area contributed by atoms with Crippen LogP contribution in [0.3, 0.4) is 0 Å². The quantitative estimate of drug-likeness (QED) is 0.765. The van der Waals surface area contributed by atoms with E-state index in [1.807, 2.05) is 0 Å². The molecule has 5 heteroatoms. The van der Waals surface area contributed by atoms with Gasteiger partial charge in [-0.1, -0.05) is 15.9 Å². The van der Waals surface area contributed by atoms with Crippen molar-refractivity contribution in [1.82, 2.24) is 0 Å². The Balaban J connectivity index is 2.11. The van der Waals surface area contributed by atoms with Crippen LogP contribution in [0.15, 0.2) is 40.9 Å². The predicted octanol–water partition coefficient (Wildman–Crippen LogP) is 4.51. The topological polar surface area (TPSA) is 26.3 Å². The molecule has 0 saturated heterocycles. The lowest BCUT2D eigenvalue weighted by atomic mass is 10.1. The Morgan fingerprint density at radius 3 is 2.55 bits per heavy atom. The van der Waals surface area contributed by atoms with Crippen molar-refractivity contribution in [2.75, 3.05) is 0 Å². The molecule has 0 bridgehead atoms. The van der Waals surface area contributed by atoms with Gasteiger partial charge in [-0.25, -0.2) is 8.78 Å². The highest BCUT2D eigenvalue weighted by Gasteiger charge is 2.08. The minimum absolute atomic E-state index is 0.0193. The number of carbonyl (C=O) groups is 1. The fourth-order valence-corrected chi connectivity index (χ4v) is 2.24. The smallest absolute Gasteiger partial charge is 0.162 e. The van der Waals surface area contributed by atoms with E-state index in [0.717, 1.165) is 6.07 Å². The molecule has 104 valence electrons. The second-order valence-electron chi connectivity index (χ2n) is 4.26. The van der Waals surface area contributed by atoms with Crippen molar-refractivity contribution < 1.29 is 18.3 Å². The van der Waals surface area contributed by atoms with Gasteiger partial charge in [0, 0.05) is 10.5 Å². The molecule has 0 aliphatic rings. The summed E-state index contributed by atoms with van der Waals surface area (Å²) in [5.41, 5.74) is 0.638. The van der Waals surface area contributed by atoms with E-state index in [1.165, 1.54) is 31.2 Å². The molecule has 0 atom stereocenters.